The number of ether oxygens (including phenoxy) is 3. The van der Waals surface area contributed by atoms with E-state index in [0.29, 0.717) is 61.2 Å². The van der Waals surface area contributed by atoms with Crippen LogP contribution in [0, 0.1) is 10.1 Å². The van der Waals surface area contributed by atoms with Crippen LogP contribution >= 0.6 is 11.8 Å². The SMILES string of the molecule is CCOc1cc(/C=C2/SC(=O)N(CC(=O)Nc3ccccc3N3CCOCC3)C2=O)ccc1OCc1cccc([N+](=O)[O-])c1. The van der Waals surface area contributed by atoms with E-state index in [0.717, 1.165) is 22.3 Å². The van der Waals surface area contributed by atoms with Crippen molar-refractivity contribution in [1.82, 2.24) is 4.90 Å². The highest BCUT2D eigenvalue weighted by Gasteiger charge is 2.36. The van der Waals surface area contributed by atoms with Gasteiger partial charge in [-0.1, -0.05) is 30.3 Å². The Kier molecular flexibility index (Phi) is 9.77. The highest BCUT2D eigenvalue weighted by molar-refractivity contribution is 8.18. The van der Waals surface area contributed by atoms with E-state index in [1.807, 2.05) is 25.1 Å². The second-order valence-corrected chi connectivity index (χ2v) is 10.8. The molecule has 2 aliphatic heterocycles. The molecule has 1 N–H and O–H groups in total. The Hall–Kier alpha value is -4.88. The van der Waals surface area contributed by atoms with E-state index >= 15 is 0 Å². The van der Waals surface area contributed by atoms with Gasteiger partial charge >= 0.3 is 0 Å². The van der Waals surface area contributed by atoms with Gasteiger partial charge in [0.15, 0.2) is 11.5 Å². The van der Waals surface area contributed by atoms with Gasteiger partial charge in [0.05, 0.1) is 41.0 Å². The molecule has 44 heavy (non-hydrogen) atoms. The summed E-state index contributed by atoms with van der Waals surface area (Å²) in [4.78, 5) is 52.6. The molecule has 0 bridgehead atoms. The van der Waals surface area contributed by atoms with E-state index in [1.165, 1.54) is 12.1 Å². The summed E-state index contributed by atoms with van der Waals surface area (Å²) in [7, 11) is 0. The van der Waals surface area contributed by atoms with Gasteiger partial charge in [0.2, 0.25) is 5.91 Å². The maximum Gasteiger partial charge on any atom is 0.294 e. The minimum absolute atomic E-state index is 0.0317. The zero-order valence-corrected chi connectivity index (χ0v) is 24.7. The minimum Gasteiger partial charge on any atom is -0.490 e. The van der Waals surface area contributed by atoms with Crippen molar-refractivity contribution in [2.75, 3.05) is 49.7 Å². The van der Waals surface area contributed by atoms with Gasteiger partial charge in [0.1, 0.15) is 13.2 Å². The maximum atomic E-state index is 13.1. The number of para-hydroxylation sites is 2. The van der Waals surface area contributed by atoms with E-state index < -0.39 is 28.5 Å². The number of hydrogen-bond acceptors (Lipinski definition) is 10. The number of nitrogens with zero attached hydrogens (tertiary/aromatic N) is 3. The number of carbonyl (C=O) groups excluding carboxylic acids is 3. The first-order valence-corrected chi connectivity index (χ1v) is 14.7. The first-order valence-electron chi connectivity index (χ1n) is 13.9. The van der Waals surface area contributed by atoms with Crippen LogP contribution in [-0.2, 0) is 20.9 Å². The fourth-order valence-electron chi connectivity index (χ4n) is 4.70. The molecular weight excluding hydrogens is 588 g/mol. The predicted octanol–water partition coefficient (Wildman–Crippen LogP) is 5.08. The van der Waals surface area contributed by atoms with Gasteiger partial charge in [-0.25, -0.2) is 0 Å². The molecule has 2 saturated heterocycles. The summed E-state index contributed by atoms with van der Waals surface area (Å²) >= 11 is 0.755. The van der Waals surface area contributed by atoms with Gasteiger partial charge in [-0.15, -0.1) is 0 Å². The number of carbonyl (C=O) groups is 3. The van der Waals surface area contributed by atoms with E-state index in [1.54, 1.807) is 42.5 Å². The second-order valence-electron chi connectivity index (χ2n) is 9.79. The lowest BCUT2D eigenvalue weighted by Crippen LogP contribution is -2.38. The molecule has 3 aromatic rings. The van der Waals surface area contributed by atoms with Gasteiger partial charge in [-0.2, -0.15) is 0 Å². The van der Waals surface area contributed by atoms with Crippen LogP contribution < -0.4 is 19.7 Å². The highest BCUT2D eigenvalue weighted by Crippen LogP contribution is 2.35. The van der Waals surface area contributed by atoms with Gasteiger partial charge in [0.25, 0.3) is 16.8 Å². The number of nitro groups is 1. The summed E-state index contributed by atoms with van der Waals surface area (Å²) in [5.74, 6) is -0.236. The first kappa shape index (κ1) is 30.6. The van der Waals surface area contributed by atoms with Crippen molar-refractivity contribution in [3.05, 3.63) is 92.9 Å². The van der Waals surface area contributed by atoms with Crippen LogP contribution in [-0.4, -0.2) is 66.3 Å². The topological polar surface area (TPSA) is 141 Å². The molecule has 228 valence electrons. The zero-order valence-electron chi connectivity index (χ0n) is 23.9. The number of rotatable bonds is 11. The minimum atomic E-state index is -0.569. The molecule has 2 aliphatic rings. The van der Waals surface area contributed by atoms with Crippen molar-refractivity contribution < 1.29 is 33.5 Å². The Morgan fingerprint density at radius 3 is 2.61 bits per heavy atom. The molecule has 2 heterocycles. The summed E-state index contributed by atoms with van der Waals surface area (Å²) in [6, 6.07) is 18.6. The molecule has 13 heteroatoms. The van der Waals surface area contributed by atoms with Crippen LogP contribution in [0.2, 0.25) is 0 Å². The standard InChI is InChI=1S/C31H30N4O8S/c1-2-42-27-17-21(10-11-26(27)43-20-22-6-5-7-23(16-22)35(39)40)18-28-30(37)34(31(38)44-28)19-29(36)32-24-8-3-4-9-25(24)33-12-14-41-15-13-33/h3-11,16-18H,2,12-15,19-20H2,1H3,(H,32,36)/b28-18+. The van der Waals surface area contributed by atoms with Crippen molar-refractivity contribution in [3.8, 4) is 11.5 Å². The monoisotopic (exact) mass is 618 g/mol. The lowest BCUT2D eigenvalue weighted by Gasteiger charge is -2.30. The molecule has 0 saturated carbocycles. The number of nitro benzene ring substituents is 1. The number of benzene rings is 3. The van der Waals surface area contributed by atoms with E-state index in [2.05, 4.69) is 10.2 Å². The molecule has 12 nitrogen and oxygen atoms in total. The third kappa shape index (κ3) is 7.36. The largest absolute Gasteiger partial charge is 0.490 e. The number of imide groups is 1. The van der Waals surface area contributed by atoms with Gasteiger partial charge in [-0.05, 0) is 60.2 Å². The van der Waals surface area contributed by atoms with Crippen LogP contribution in [0.25, 0.3) is 6.08 Å². The molecule has 2 fully saturated rings. The number of amides is 3. The number of non-ortho nitro benzene ring substituents is 1. The van der Waals surface area contributed by atoms with Crippen molar-refractivity contribution in [1.29, 1.82) is 0 Å². The summed E-state index contributed by atoms with van der Waals surface area (Å²) in [6.45, 7) is 4.38. The van der Waals surface area contributed by atoms with Gasteiger partial charge in [0, 0.05) is 25.2 Å². The molecule has 0 spiro atoms. The van der Waals surface area contributed by atoms with Crippen molar-refractivity contribution in [3.63, 3.8) is 0 Å². The fourth-order valence-corrected chi connectivity index (χ4v) is 5.54. The van der Waals surface area contributed by atoms with Crippen molar-refractivity contribution in [2.45, 2.75) is 13.5 Å². The molecular formula is C31H30N4O8S. The predicted molar refractivity (Wildman–Crippen MR) is 166 cm³/mol. The highest BCUT2D eigenvalue weighted by atomic mass is 32.2. The molecule has 0 aromatic heterocycles. The molecule has 0 aliphatic carbocycles. The Balaban J connectivity index is 1.25. The Bertz CT molecular complexity index is 1600. The number of morpholine rings is 1. The summed E-state index contributed by atoms with van der Waals surface area (Å²) in [5.41, 5.74) is 2.62. The third-order valence-corrected chi connectivity index (χ3v) is 7.69. The van der Waals surface area contributed by atoms with Crippen LogP contribution in [0.15, 0.2) is 71.6 Å². The average Bonchev–Trinajstić information content (AvgIpc) is 3.28. The molecule has 3 aromatic carbocycles. The number of hydrogen-bond donors (Lipinski definition) is 1. The molecule has 3 amide bonds. The zero-order chi connectivity index (χ0) is 31.1. The van der Waals surface area contributed by atoms with E-state index in [9.17, 15) is 24.5 Å². The first-order chi connectivity index (χ1) is 21.3. The van der Waals surface area contributed by atoms with Crippen LogP contribution in [0.5, 0.6) is 11.5 Å². The lowest BCUT2D eigenvalue weighted by atomic mass is 10.1. The number of thioether (sulfide) groups is 1. The number of anilines is 2. The Labute approximate surface area is 257 Å². The molecule has 0 radical (unpaired) electrons. The lowest BCUT2D eigenvalue weighted by molar-refractivity contribution is -0.384. The fraction of sp³-hybridized carbons (Fsp3) is 0.258. The quantitative estimate of drug-likeness (QED) is 0.176. The maximum absolute atomic E-state index is 13.1. The van der Waals surface area contributed by atoms with Crippen molar-refractivity contribution in [2.24, 2.45) is 0 Å². The summed E-state index contributed by atoms with van der Waals surface area (Å²) in [5, 5.41) is 13.4. The van der Waals surface area contributed by atoms with Gasteiger partial charge < -0.3 is 24.4 Å². The molecule has 0 unspecified atom stereocenters. The summed E-state index contributed by atoms with van der Waals surface area (Å²) < 4.78 is 17.0. The van der Waals surface area contributed by atoms with Crippen LogP contribution in [0.4, 0.5) is 21.9 Å². The smallest absolute Gasteiger partial charge is 0.294 e. The van der Waals surface area contributed by atoms with Gasteiger partial charge in [-0.3, -0.25) is 29.4 Å². The number of nitrogens with one attached hydrogen (secondary N) is 1. The second kappa shape index (κ2) is 14.1. The Morgan fingerprint density at radius 1 is 1.05 bits per heavy atom. The van der Waals surface area contributed by atoms with Crippen LogP contribution in [0.3, 0.4) is 0 Å². The summed E-state index contributed by atoms with van der Waals surface area (Å²) in [6.07, 6.45) is 1.56. The van der Waals surface area contributed by atoms with E-state index in [4.69, 9.17) is 14.2 Å². The molecule has 5 rings (SSSR count). The van der Waals surface area contributed by atoms with E-state index in [-0.39, 0.29) is 17.2 Å². The van der Waals surface area contributed by atoms with Crippen molar-refractivity contribution >= 4 is 52.0 Å². The van der Waals surface area contributed by atoms with Crippen LogP contribution in [0.1, 0.15) is 18.1 Å². The molecule has 0 atom stereocenters. The Morgan fingerprint density at radius 2 is 1.84 bits per heavy atom. The normalized spacial score (nSPS) is 15.9. The average molecular weight is 619 g/mol. The third-order valence-electron chi connectivity index (χ3n) is 6.79.